The summed E-state index contributed by atoms with van der Waals surface area (Å²) >= 11 is 5.07. The lowest BCUT2D eigenvalue weighted by Gasteiger charge is -2.34. The van der Waals surface area contributed by atoms with Gasteiger partial charge in [0.05, 0.1) is 0 Å². The summed E-state index contributed by atoms with van der Waals surface area (Å²) in [5, 5.41) is 0. The first kappa shape index (κ1) is 14.3. The highest BCUT2D eigenvalue weighted by atomic mass is 32.1. The van der Waals surface area contributed by atoms with Crippen molar-refractivity contribution in [3.8, 4) is 0 Å². The minimum Gasteiger partial charge on any atom is -0.389 e. The minimum atomic E-state index is 0.448. The Morgan fingerprint density at radius 1 is 1.37 bits per heavy atom. The van der Waals surface area contributed by atoms with Gasteiger partial charge in [-0.2, -0.15) is 0 Å². The Morgan fingerprint density at radius 2 is 2.00 bits per heavy atom. The summed E-state index contributed by atoms with van der Waals surface area (Å²) < 4.78 is 0. The highest BCUT2D eigenvalue weighted by Crippen LogP contribution is 2.27. The van der Waals surface area contributed by atoms with Gasteiger partial charge in [0.2, 0.25) is 0 Å². The molecule has 0 spiro atoms. The van der Waals surface area contributed by atoms with E-state index >= 15 is 0 Å². The zero-order chi connectivity index (χ0) is 14.0. The third-order valence-electron chi connectivity index (χ3n) is 4.03. The molecule has 0 aromatic carbocycles. The molecule has 0 saturated carbocycles. The van der Waals surface area contributed by atoms with Gasteiger partial charge in [-0.05, 0) is 43.7 Å². The lowest BCUT2D eigenvalue weighted by molar-refractivity contribution is 0.310. The van der Waals surface area contributed by atoms with Crippen LogP contribution in [-0.2, 0) is 0 Å². The molecule has 3 nitrogen and oxygen atoms in total. The van der Waals surface area contributed by atoms with Gasteiger partial charge in [0, 0.05) is 24.3 Å². The number of thiocarbonyl (C=S) groups is 1. The number of aromatic nitrogens is 1. The monoisotopic (exact) mass is 277 g/mol. The maximum Gasteiger partial charge on any atom is 0.129 e. The SMILES string of the molecule is Cc1cc(C(N)=S)cc(N2CCC(C(C)C)CC2)n1. The van der Waals surface area contributed by atoms with E-state index in [1.54, 1.807) is 0 Å². The summed E-state index contributed by atoms with van der Waals surface area (Å²) in [6.07, 6.45) is 2.49. The van der Waals surface area contributed by atoms with Gasteiger partial charge in [-0.3, -0.25) is 0 Å². The molecule has 0 aliphatic carbocycles. The number of hydrogen-bond donors (Lipinski definition) is 1. The van der Waals surface area contributed by atoms with Gasteiger partial charge in [-0.1, -0.05) is 26.1 Å². The number of anilines is 1. The van der Waals surface area contributed by atoms with Gasteiger partial charge in [0.25, 0.3) is 0 Å². The molecule has 0 amide bonds. The second-order valence-corrected chi connectivity index (χ2v) is 6.23. The molecule has 1 aromatic heterocycles. The van der Waals surface area contributed by atoms with Crippen molar-refractivity contribution in [2.24, 2.45) is 17.6 Å². The Labute approximate surface area is 121 Å². The molecule has 4 heteroatoms. The van der Waals surface area contributed by atoms with Crippen LogP contribution in [0.3, 0.4) is 0 Å². The van der Waals surface area contributed by atoms with Crippen LogP contribution < -0.4 is 10.6 Å². The molecular weight excluding hydrogens is 254 g/mol. The Morgan fingerprint density at radius 3 is 2.53 bits per heavy atom. The number of piperidine rings is 1. The smallest absolute Gasteiger partial charge is 0.129 e. The highest BCUT2D eigenvalue weighted by molar-refractivity contribution is 7.80. The summed E-state index contributed by atoms with van der Waals surface area (Å²) in [4.78, 5) is 7.42. The van der Waals surface area contributed by atoms with Gasteiger partial charge in [-0.15, -0.1) is 0 Å². The average molecular weight is 277 g/mol. The van der Waals surface area contributed by atoms with Crippen molar-refractivity contribution in [1.29, 1.82) is 0 Å². The van der Waals surface area contributed by atoms with Crippen molar-refractivity contribution in [1.82, 2.24) is 4.98 Å². The van der Waals surface area contributed by atoms with Crippen molar-refractivity contribution < 1.29 is 0 Å². The fraction of sp³-hybridized carbons (Fsp3) is 0.600. The van der Waals surface area contributed by atoms with Crippen LogP contribution in [0.1, 0.15) is 37.9 Å². The number of hydrogen-bond acceptors (Lipinski definition) is 3. The standard InChI is InChI=1S/C15H23N3S/c1-10(2)12-4-6-18(7-5-12)14-9-13(15(16)19)8-11(3)17-14/h8-10,12H,4-7H2,1-3H3,(H2,16,19). The number of nitrogens with two attached hydrogens (primary N) is 1. The van der Waals surface area contributed by atoms with Crippen molar-refractivity contribution in [3.05, 3.63) is 23.4 Å². The Kier molecular flexibility index (Phi) is 4.40. The summed E-state index contributed by atoms with van der Waals surface area (Å²) in [7, 11) is 0. The number of aryl methyl sites for hydroxylation is 1. The first-order valence-electron chi connectivity index (χ1n) is 7.01. The molecule has 2 heterocycles. The molecule has 1 aromatic rings. The van der Waals surface area contributed by atoms with Crippen molar-refractivity contribution in [3.63, 3.8) is 0 Å². The highest BCUT2D eigenvalue weighted by Gasteiger charge is 2.22. The zero-order valence-corrected chi connectivity index (χ0v) is 12.8. The maximum absolute atomic E-state index is 5.73. The molecule has 1 aliphatic heterocycles. The quantitative estimate of drug-likeness (QED) is 0.863. The average Bonchev–Trinajstić information content (AvgIpc) is 2.38. The number of rotatable bonds is 3. The summed E-state index contributed by atoms with van der Waals surface area (Å²) in [6.45, 7) is 8.78. The van der Waals surface area contributed by atoms with Crippen LogP contribution in [-0.4, -0.2) is 23.1 Å². The lowest BCUT2D eigenvalue weighted by Crippen LogP contribution is -2.36. The Balaban J connectivity index is 2.13. The largest absolute Gasteiger partial charge is 0.389 e. The van der Waals surface area contributed by atoms with Crippen molar-refractivity contribution in [2.45, 2.75) is 33.6 Å². The van der Waals surface area contributed by atoms with Crippen molar-refractivity contribution in [2.75, 3.05) is 18.0 Å². The molecule has 1 fully saturated rings. The number of pyridine rings is 1. The molecule has 1 aliphatic rings. The van der Waals surface area contributed by atoms with Crippen LogP contribution in [0.4, 0.5) is 5.82 Å². The normalized spacial score (nSPS) is 16.9. The molecule has 1 saturated heterocycles. The summed E-state index contributed by atoms with van der Waals surface area (Å²) in [5.74, 6) is 2.64. The summed E-state index contributed by atoms with van der Waals surface area (Å²) in [6, 6.07) is 3.97. The van der Waals surface area contributed by atoms with E-state index < -0.39 is 0 Å². The first-order chi connectivity index (χ1) is 8.97. The van der Waals surface area contributed by atoms with Crippen molar-refractivity contribution >= 4 is 23.0 Å². The minimum absolute atomic E-state index is 0.448. The molecule has 0 bridgehead atoms. The predicted octanol–water partition coefficient (Wildman–Crippen LogP) is 2.90. The number of nitrogens with zero attached hydrogens (tertiary/aromatic N) is 2. The molecule has 104 valence electrons. The van der Waals surface area contributed by atoms with Crippen LogP contribution in [0, 0.1) is 18.8 Å². The van der Waals surface area contributed by atoms with Gasteiger partial charge >= 0.3 is 0 Å². The topological polar surface area (TPSA) is 42.1 Å². The molecule has 2 N–H and O–H groups in total. The Bertz CT molecular complexity index is 462. The van der Waals surface area contributed by atoms with E-state index in [1.807, 2.05) is 19.1 Å². The molecule has 0 unspecified atom stereocenters. The first-order valence-corrected chi connectivity index (χ1v) is 7.41. The summed E-state index contributed by atoms with van der Waals surface area (Å²) in [5.41, 5.74) is 7.63. The van der Waals surface area contributed by atoms with E-state index in [0.717, 1.165) is 42.0 Å². The van der Waals surface area contributed by atoms with E-state index in [4.69, 9.17) is 18.0 Å². The zero-order valence-electron chi connectivity index (χ0n) is 12.0. The molecule has 19 heavy (non-hydrogen) atoms. The second kappa shape index (κ2) is 5.87. The maximum atomic E-state index is 5.73. The van der Waals surface area contributed by atoms with Crippen LogP contribution in [0.15, 0.2) is 12.1 Å². The third kappa shape index (κ3) is 3.44. The molecule has 0 radical (unpaired) electrons. The Hall–Kier alpha value is -1.16. The van der Waals surface area contributed by atoms with Gasteiger partial charge < -0.3 is 10.6 Å². The van der Waals surface area contributed by atoms with Crippen LogP contribution >= 0.6 is 12.2 Å². The van der Waals surface area contributed by atoms with E-state index in [1.165, 1.54) is 12.8 Å². The van der Waals surface area contributed by atoms with E-state index in [2.05, 4.69) is 23.7 Å². The van der Waals surface area contributed by atoms with Gasteiger partial charge in [-0.25, -0.2) is 4.98 Å². The van der Waals surface area contributed by atoms with Gasteiger partial charge in [0.15, 0.2) is 0 Å². The van der Waals surface area contributed by atoms with Crippen LogP contribution in [0.2, 0.25) is 0 Å². The third-order valence-corrected chi connectivity index (χ3v) is 4.27. The van der Waals surface area contributed by atoms with Crippen LogP contribution in [0.5, 0.6) is 0 Å². The van der Waals surface area contributed by atoms with E-state index in [-0.39, 0.29) is 0 Å². The van der Waals surface area contributed by atoms with Gasteiger partial charge in [0.1, 0.15) is 10.8 Å². The molecular formula is C15H23N3S. The molecule has 0 atom stereocenters. The molecule has 2 rings (SSSR count). The fourth-order valence-electron chi connectivity index (χ4n) is 2.75. The van der Waals surface area contributed by atoms with E-state index in [0.29, 0.717) is 4.99 Å². The predicted molar refractivity (Wildman–Crippen MR) is 84.6 cm³/mol. The lowest BCUT2D eigenvalue weighted by atomic mass is 9.87. The van der Waals surface area contributed by atoms with E-state index in [9.17, 15) is 0 Å². The fourth-order valence-corrected chi connectivity index (χ4v) is 2.87. The second-order valence-electron chi connectivity index (χ2n) is 5.79. The van der Waals surface area contributed by atoms with Crippen LogP contribution in [0.25, 0.3) is 0 Å².